The van der Waals surface area contributed by atoms with Crippen molar-refractivity contribution in [1.29, 1.82) is 0 Å². The minimum Gasteiger partial charge on any atom is -0.387 e. The van der Waals surface area contributed by atoms with Crippen molar-refractivity contribution in [3.05, 3.63) is 101 Å². The molecule has 0 bridgehead atoms. The Morgan fingerprint density at radius 2 is 1.59 bits per heavy atom. The van der Waals surface area contributed by atoms with Crippen LogP contribution in [0.25, 0.3) is 0 Å². The van der Waals surface area contributed by atoms with Gasteiger partial charge in [0, 0.05) is 23.1 Å². The SMILES string of the molecule is CN(C)Cc1ccc(C(O)C2c3ccccc3CSc3ccccc32)cc1. The maximum atomic E-state index is 11.4. The highest BCUT2D eigenvalue weighted by Gasteiger charge is 2.30. The second-order valence-corrected chi connectivity index (χ2v) is 8.44. The summed E-state index contributed by atoms with van der Waals surface area (Å²) in [5.41, 5.74) is 6.00. The van der Waals surface area contributed by atoms with Crippen molar-refractivity contribution in [2.45, 2.75) is 29.2 Å². The summed E-state index contributed by atoms with van der Waals surface area (Å²) in [5, 5.41) is 11.4. The van der Waals surface area contributed by atoms with E-state index in [0.29, 0.717) is 0 Å². The molecule has 0 spiro atoms. The van der Waals surface area contributed by atoms with Crippen molar-refractivity contribution in [2.75, 3.05) is 14.1 Å². The van der Waals surface area contributed by atoms with E-state index in [-0.39, 0.29) is 5.92 Å². The van der Waals surface area contributed by atoms with Gasteiger partial charge < -0.3 is 10.0 Å². The van der Waals surface area contributed by atoms with Crippen molar-refractivity contribution in [3.63, 3.8) is 0 Å². The van der Waals surface area contributed by atoms with Gasteiger partial charge in [0.1, 0.15) is 0 Å². The van der Waals surface area contributed by atoms with Crippen molar-refractivity contribution in [2.24, 2.45) is 0 Å². The van der Waals surface area contributed by atoms with E-state index < -0.39 is 6.10 Å². The molecule has 27 heavy (non-hydrogen) atoms. The molecule has 3 aromatic rings. The number of aliphatic hydroxyl groups is 1. The molecule has 0 saturated carbocycles. The van der Waals surface area contributed by atoms with Crippen LogP contribution in [0, 0.1) is 0 Å². The Kier molecular flexibility index (Phi) is 5.35. The molecule has 1 aliphatic heterocycles. The number of nitrogens with zero attached hydrogens (tertiary/aromatic N) is 1. The van der Waals surface area contributed by atoms with Gasteiger partial charge in [-0.05, 0) is 48.0 Å². The number of rotatable bonds is 4. The van der Waals surface area contributed by atoms with Gasteiger partial charge in [-0.3, -0.25) is 0 Å². The van der Waals surface area contributed by atoms with E-state index >= 15 is 0 Å². The molecule has 138 valence electrons. The maximum Gasteiger partial charge on any atom is 0.0899 e. The van der Waals surface area contributed by atoms with Crippen LogP contribution in [0.4, 0.5) is 0 Å². The molecule has 2 nitrogen and oxygen atoms in total. The minimum absolute atomic E-state index is 0.0490. The predicted octanol–water partition coefficient (Wildman–Crippen LogP) is 5.22. The van der Waals surface area contributed by atoms with Crippen LogP contribution in [0.5, 0.6) is 0 Å². The van der Waals surface area contributed by atoms with Crippen LogP contribution in [0.1, 0.15) is 39.8 Å². The molecule has 0 fully saturated rings. The fourth-order valence-corrected chi connectivity index (χ4v) is 4.99. The van der Waals surface area contributed by atoms with Crippen molar-refractivity contribution in [3.8, 4) is 0 Å². The maximum absolute atomic E-state index is 11.4. The second kappa shape index (κ2) is 7.89. The van der Waals surface area contributed by atoms with Crippen molar-refractivity contribution < 1.29 is 5.11 Å². The molecular formula is C24H25NOS. The second-order valence-electron chi connectivity index (χ2n) is 7.43. The first-order valence-electron chi connectivity index (χ1n) is 9.34. The molecule has 3 heteroatoms. The van der Waals surface area contributed by atoms with Crippen LogP contribution in [-0.2, 0) is 12.3 Å². The lowest BCUT2D eigenvalue weighted by Gasteiger charge is -2.26. The smallest absolute Gasteiger partial charge is 0.0899 e. The van der Waals surface area contributed by atoms with Crippen LogP contribution < -0.4 is 0 Å². The summed E-state index contributed by atoms with van der Waals surface area (Å²) in [4.78, 5) is 3.42. The molecule has 2 unspecified atom stereocenters. The van der Waals surface area contributed by atoms with E-state index in [1.165, 1.54) is 27.1 Å². The largest absolute Gasteiger partial charge is 0.387 e. The summed E-state index contributed by atoms with van der Waals surface area (Å²) in [6.07, 6.45) is -0.570. The molecular weight excluding hydrogens is 350 g/mol. The molecule has 3 aromatic carbocycles. The standard InChI is InChI=1S/C24H25NOS/c1-25(2)15-17-11-13-18(14-12-17)24(26)23-20-8-4-3-7-19(20)16-27-22-10-6-5-9-21(22)23/h3-14,23-24,26H,15-16H2,1-2H3. The third-order valence-corrected chi connectivity index (χ3v) is 6.30. The zero-order chi connectivity index (χ0) is 18.8. The van der Waals surface area contributed by atoms with Gasteiger partial charge in [0.25, 0.3) is 0 Å². The van der Waals surface area contributed by atoms with Crippen LogP contribution in [-0.4, -0.2) is 24.1 Å². The molecule has 1 aliphatic rings. The Morgan fingerprint density at radius 3 is 2.33 bits per heavy atom. The van der Waals surface area contributed by atoms with E-state index in [1.807, 2.05) is 11.8 Å². The summed E-state index contributed by atoms with van der Waals surface area (Å²) >= 11 is 1.86. The molecule has 1 N–H and O–H groups in total. The lowest BCUT2D eigenvalue weighted by atomic mass is 9.81. The van der Waals surface area contributed by atoms with Crippen LogP contribution in [0.3, 0.4) is 0 Å². The molecule has 0 amide bonds. The van der Waals surface area contributed by atoms with Gasteiger partial charge in [0.05, 0.1) is 6.10 Å². The number of benzene rings is 3. The first kappa shape index (κ1) is 18.3. The first-order chi connectivity index (χ1) is 13.1. The van der Waals surface area contributed by atoms with E-state index in [1.54, 1.807) is 0 Å². The zero-order valence-electron chi connectivity index (χ0n) is 15.8. The monoisotopic (exact) mass is 375 g/mol. The summed E-state index contributed by atoms with van der Waals surface area (Å²) in [6, 6.07) is 25.4. The van der Waals surface area contributed by atoms with E-state index in [4.69, 9.17) is 0 Å². The predicted molar refractivity (Wildman–Crippen MR) is 113 cm³/mol. The molecule has 4 rings (SSSR count). The highest BCUT2D eigenvalue weighted by Crippen LogP contribution is 2.46. The topological polar surface area (TPSA) is 23.5 Å². The summed E-state index contributed by atoms with van der Waals surface area (Å²) in [7, 11) is 4.14. The summed E-state index contributed by atoms with van der Waals surface area (Å²) in [6.45, 7) is 0.905. The van der Waals surface area contributed by atoms with E-state index in [9.17, 15) is 5.11 Å². The minimum atomic E-state index is -0.570. The zero-order valence-corrected chi connectivity index (χ0v) is 16.6. The molecule has 2 atom stereocenters. The summed E-state index contributed by atoms with van der Waals surface area (Å²) < 4.78 is 0. The van der Waals surface area contributed by atoms with Gasteiger partial charge in [-0.1, -0.05) is 66.7 Å². The van der Waals surface area contributed by atoms with Crippen LogP contribution >= 0.6 is 11.8 Å². The normalized spacial score (nSPS) is 17.1. The first-order valence-corrected chi connectivity index (χ1v) is 10.3. The quantitative estimate of drug-likeness (QED) is 0.676. The number of aliphatic hydroxyl groups excluding tert-OH is 1. The molecule has 0 saturated heterocycles. The Labute approximate surface area is 165 Å². The highest BCUT2D eigenvalue weighted by atomic mass is 32.2. The molecule has 0 aromatic heterocycles. The van der Waals surface area contributed by atoms with E-state index in [0.717, 1.165) is 17.9 Å². The Balaban J connectivity index is 1.75. The number of thioether (sulfide) groups is 1. The van der Waals surface area contributed by atoms with Gasteiger partial charge in [-0.15, -0.1) is 11.8 Å². The third kappa shape index (κ3) is 3.81. The third-order valence-electron chi connectivity index (χ3n) is 5.16. The van der Waals surface area contributed by atoms with E-state index in [2.05, 4.69) is 91.8 Å². The summed E-state index contributed by atoms with van der Waals surface area (Å²) in [5.74, 6) is 0.894. The van der Waals surface area contributed by atoms with Crippen molar-refractivity contribution >= 4 is 11.8 Å². The highest BCUT2D eigenvalue weighted by molar-refractivity contribution is 7.98. The number of fused-ring (bicyclic) bond motifs is 2. The molecule has 0 radical (unpaired) electrons. The van der Waals surface area contributed by atoms with Gasteiger partial charge in [0.2, 0.25) is 0 Å². The van der Waals surface area contributed by atoms with Gasteiger partial charge in [0.15, 0.2) is 0 Å². The average molecular weight is 376 g/mol. The van der Waals surface area contributed by atoms with Gasteiger partial charge in [-0.2, -0.15) is 0 Å². The fraction of sp³-hybridized carbons (Fsp3) is 0.250. The average Bonchev–Trinajstić information content (AvgIpc) is 2.84. The number of hydrogen-bond donors (Lipinski definition) is 1. The lowest BCUT2D eigenvalue weighted by molar-refractivity contribution is 0.158. The van der Waals surface area contributed by atoms with Gasteiger partial charge in [-0.25, -0.2) is 0 Å². The Morgan fingerprint density at radius 1 is 0.926 bits per heavy atom. The molecule has 0 aliphatic carbocycles. The number of hydrogen-bond acceptors (Lipinski definition) is 3. The van der Waals surface area contributed by atoms with Gasteiger partial charge >= 0.3 is 0 Å². The van der Waals surface area contributed by atoms with Crippen molar-refractivity contribution in [1.82, 2.24) is 4.90 Å². The fourth-order valence-electron chi connectivity index (χ4n) is 3.88. The van der Waals surface area contributed by atoms with Crippen LogP contribution in [0.2, 0.25) is 0 Å². The Bertz CT molecular complexity index is 872. The molecule has 1 heterocycles. The Hall–Kier alpha value is -2.07. The van der Waals surface area contributed by atoms with Crippen LogP contribution in [0.15, 0.2) is 77.7 Å². The lowest BCUT2D eigenvalue weighted by Crippen LogP contribution is -2.14.